The Hall–Kier alpha value is -1.94. The Morgan fingerprint density at radius 2 is 0.708 bits per heavy atom. The molecule has 0 aromatic carbocycles. The van der Waals surface area contributed by atoms with Gasteiger partial charge in [0.15, 0.2) is 0 Å². The maximum Gasteiger partial charge on any atom is -0.00934 e. The van der Waals surface area contributed by atoms with Gasteiger partial charge in [-0.3, -0.25) is 0 Å². The maximum atomic E-state index is 3.00. The molecule has 0 aliphatic heterocycles. The highest BCUT2D eigenvalue weighted by molar-refractivity contribution is 7.08. The zero-order valence-electron chi connectivity index (χ0n) is 14.0. The summed E-state index contributed by atoms with van der Waals surface area (Å²) in [6.45, 7) is 12.0. The van der Waals surface area contributed by atoms with Crippen molar-refractivity contribution in [2.75, 3.05) is 0 Å². The molecule has 3 aromatic heterocycles. The molecule has 1 aliphatic rings. The summed E-state index contributed by atoms with van der Waals surface area (Å²) in [5, 5.41) is 12.2. The molecule has 128 valence electrons. The van der Waals surface area contributed by atoms with Crippen LogP contribution >= 0.6 is 34.0 Å². The zero-order chi connectivity index (χ0) is 18.1. The molecular formula is C21H26S3. The summed E-state index contributed by atoms with van der Waals surface area (Å²) in [6.07, 6.45) is 9.50. The minimum Gasteiger partial charge on any atom is -0.152 e. The zero-order valence-corrected chi connectivity index (χ0v) is 16.4. The lowest BCUT2D eigenvalue weighted by molar-refractivity contribution is 1.45. The van der Waals surface area contributed by atoms with E-state index in [0.29, 0.717) is 0 Å². The largest absolute Gasteiger partial charge is 0.152 e. The van der Waals surface area contributed by atoms with Crippen LogP contribution in [0, 0.1) is 0 Å². The molecule has 1 aliphatic carbocycles. The van der Waals surface area contributed by atoms with Crippen molar-refractivity contribution in [1.82, 2.24) is 0 Å². The van der Waals surface area contributed by atoms with E-state index < -0.39 is 0 Å². The van der Waals surface area contributed by atoms with E-state index in [1.807, 2.05) is 68.7 Å². The van der Waals surface area contributed by atoms with Crippen molar-refractivity contribution < 1.29 is 0 Å². The Bertz CT molecular complexity index is 406. The number of hydrogen-bond acceptors (Lipinski definition) is 3. The van der Waals surface area contributed by atoms with Crippen molar-refractivity contribution in [2.24, 2.45) is 0 Å². The fourth-order valence-electron chi connectivity index (χ4n) is 1.07. The van der Waals surface area contributed by atoms with Gasteiger partial charge in [-0.25, -0.2) is 0 Å². The molecule has 3 heterocycles. The Labute approximate surface area is 159 Å². The van der Waals surface area contributed by atoms with Gasteiger partial charge in [0, 0.05) is 0 Å². The molecule has 0 radical (unpaired) electrons. The first-order valence-corrected chi connectivity index (χ1v) is 10.1. The van der Waals surface area contributed by atoms with E-state index in [0.717, 1.165) is 6.42 Å². The molecule has 0 N–H and O–H groups in total. The van der Waals surface area contributed by atoms with Crippen LogP contribution in [0.5, 0.6) is 0 Å². The van der Waals surface area contributed by atoms with Gasteiger partial charge in [-0.2, -0.15) is 34.0 Å². The molecule has 0 amide bonds. The van der Waals surface area contributed by atoms with Crippen LogP contribution in [-0.2, 0) is 0 Å². The van der Waals surface area contributed by atoms with Crippen LogP contribution in [-0.4, -0.2) is 0 Å². The Morgan fingerprint density at radius 1 is 0.458 bits per heavy atom. The van der Waals surface area contributed by atoms with Crippen molar-refractivity contribution in [3.8, 4) is 0 Å². The summed E-state index contributed by atoms with van der Waals surface area (Å²) in [5.41, 5.74) is 0. The number of hydrogen-bond donors (Lipinski definition) is 0. The van der Waals surface area contributed by atoms with Crippen molar-refractivity contribution >= 4 is 34.0 Å². The van der Waals surface area contributed by atoms with Crippen LogP contribution in [0.3, 0.4) is 0 Å². The lowest BCUT2D eigenvalue weighted by Gasteiger charge is -1.57. The first-order chi connectivity index (χ1) is 12.0. The smallest absolute Gasteiger partial charge is 0.00934 e. The van der Waals surface area contributed by atoms with E-state index in [9.17, 15) is 0 Å². The monoisotopic (exact) mass is 374 g/mol. The third-order valence-corrected chi connectivity index (χ3v) is 3.82. The summed E-state index contributed by atoms with van der Waals surface area (Å²) >= 11 is 5.14. The summed E-state index contributed by atoms with van der Waals surface area (Å²) in [7, 11) is 0. The predicted molar refractivity (Wildman–Crippen MR) is 118 cm³/mol. The molecule has 0 spiro atoms. The molecule has 3 aromatic rings. The average molecular weight is 375 g/mol. The molecule has 3 heteroatoms. The lowest BCUT2D eigenvalue weighted by atomic mass is 10.5. The third-order valence-electron chi connectivity index (χ3n) is 1.93. The van der Waals surface area contributed by atoms with E-state index in [1.165, 1.54) is 0 Å². The molecule has 0 saturated heterocycles. The fourth-order valence-corrected chi connectivity index (χ4v) is 2.43. The first kappa shape index (κ1) is 24.3. The van der Waals surface area contributed by atoms with Crippen molar-refractivity contribution in [3.05, 3.63) is 119 Å². The van der Waals surface area contributed by atoms with Crippen LogP contribution in [0.15, 0.2) is 119 Å². The summed E-state index contributed by atoms with van der Waals surface area (Å²) in [6, 6.07) is 12.1. The highest BCUT2D eigenvalue weighted by Gasteiger charge is 1.72. The molecule has 0 fully saturated rings. The van der Waals surface area contributed by atoms with Gasteiger partial charge in [-0.05, 0) is 38.7 Å². The van der Waals surface area contributed by atoms with Gasteiger partial charge < -0.3 is 0 Å². The van der Waals surface area contributed by atoms with Gasteiger partial charge in [-0.1, -0.05) is 60.7 Å². The molecule has 0 bridgehead atoms. The van der Waals surface area contributed by atoms with E-state index in [1.54, 1.807) is 34.0 Å². The van der Waals surface area contributed by atoms with Crippen molar-refractivity contribution in [1.29, 1.82) is 0 Å². The molecule has 0 saturated carbocycles. The SMILES string of the molecule is C1=CCC=C1.C=C.C=C.c1ccsc1.c1ccsc1.c1ccsc1. The van der Waals surface area contributed by atoms with Gasteiger partial charge in [0.25, 0.3) is 0 Å². The second-order valence-corrected chi connectivity index (χ2v) is 5.92. The van der Waals surface area contributed by atoms with Gasteiger partial charge in [0.1, 0.15) is 0 Å². The van der Waals surface area contributed by atoms with E-state index in [4.69, 9.17) is 0 Å². The van der Waals surface area contributed by atoms with E-state index in [2.05, 4.69) is 50.6 Å². The molecule has 0 nitrogen and oxygen atoms in total. The normalized spacial score (nSPS) is 9.00. The summed E-state index contributed by atoms with van der Waals surface area (Å²) < 4.78 is 0. The number of thiophene rings is 3. The highest BCUT2D eigenvalue weighted by Crippen LogP contribution is 1.93. The summed E-state index contributed by atoms with van der Waals surface area (Å²) in [4.78, 5) is 0. The maximum absolute atomic E-state index is 3.00. The quantitative estimate of drug-likeness (QED) is 0.347. The Balaban J connectivity index is 0. The Kier molecular flexibility index (Phi) is 26.3. The Morgan fingerprint density at radius 3 is 0.792 bits per heavy atom. The van der Waals surface area contributed by atoms with E-state index in [-0.39, 0.29) is 0 Å². The van der Waals surface area contributed by atoms with Crippen LogP contribution < -0.4 is 0 Å². The van der Waals surface area contributed by atoms with Crippen molar-refractivity contribution in [3.63, 3.8) is 0 Å². The van der Waals surface area contributed by atoms with Gasteiger partial charge in [0.05, 0.1) is 0 Å². The minimum atomic E-state index is 1.14. The molecule has 4 rings (SSSR count). The second-order valence-electron chi connectivity index (χ2n) is 3.47. The molecule has 24 heavy (non-hydrogen) atoms. The molecular weight excluding hydrogens is 348 g/mol. The lowest BCUT2D eigenvalue weighted by Crippen LogP contribution is -1.37. The fraction of sp³-hybridized carbons (Fsp3) is 0.0476. The van der Waals surface area contributed by atoms with Gasteiger partial charge >= 0.3 is 0 Å². The van der Waals surface area contributed by atoms with Gasteiger partial charge in [-0.15, -0.1) is 26.3 Å². The average Bonchev–Trinajstić information content (AvgIpc) is 3.48. The van der Waals surface area contributed by atoms with Gasteiger partial charge in [0.2, 0.25) is 0 Å². The predicted octanol–water partition coefficient (Wildman–Crippen LogP) is 8.35. The first-order valence-electron chi connectivity index (χ1n) is 7.23. The van der Waals surface area contributed by atoms with Crippen LogP contribution in [0.2, 0.25) is 0 Å². The highest BCUT2D eigenvalue weighted by atomic mass is 32.1. The number of rotatable bonds is 0. The minimum absolute atomic E-state index is 1.14. The topological polar surface area (TPSA) is 0 Å². The van der Waals surface area contributed by atoms with E-state index >= 15 is 0 Å². The second kappa shape index (κ2) is 26.0. The van der Waals surface area contributed by atoms with Crippen LogP contribution in [0.25, 0.3) is 0 Å². The third kappa shape index (κ3) is 22.3. The summed E-state index contributed by atoms with van der Waals surface area (Å²) in [5.74, 6) is 0. The van der Waals surface area contributed by atoms with Crippen molar-refractivity contribution in [2.45, 2.75) is 6.42 Å². The van der Waals surface area contributed by atoms with Crippen LogP contribution in [0.1, 0.15) is 6.42 Å². The standard InChI is InChI=1S/C5H6.3C4H4S.2C2H4/c4*1-2-4-5-3-1;2*1-2/h1-4H,5H2;3*1-4H;2*1-2H2. The molecule has 0 atom stereocenters. The molecule has 0 unspecified atom stereocenters. The van der Waals surface area contributed by atoms with Crippen LogP contribution in [0.4, 0.5) is 0 Å². The number of allylic oxidation sites excluding steroid dienone is 4.